The fraction of sp³-hybridized carbons (Fsp3) is 0.385. The van der Waals surface area contributed by atoms with E-state index in [4.69, 9.17) is 0 Å². The van der Waals surface area contributed by atoms with E-state index >= 15 is 0 Å². The summed E-state index contributed by atoms with van der Waals surface area (Å²) >= 11 is 0. The molecule has 0 fully saturated rings. The fourth-order valence-corrected chi connectivity index (χ4v) is 2.00. The zero-order valence-electron chi connectivity index (χ0n) is 8.38. The van der Waals surface area contributed by atoms with E-state index in [0.717, 1.165) is 0 Å². The number of allylic oxidation sites excluding steroid dienone is 1. The minimum absolute atomic E-state index is 0.714. The maximum Gasteiger partial charge on any atom is -0.0182 e. The van der Waals surface area contributed by atoms with Gasteiger partial charge in [-0.05, 0) is 36.8 Å². The van der Waals surface area contributed by atoms with Gasteiger partial charge in [0, 0.05) is 0 Å². The van der Waals surface area contributed by atoms with E-state index in [2.05, 4.69) is 44.2 Å². The lowest BCUT2D eigenvalue weighted by Crippen LogP contribution is -1.94. The Morgan fingerprint density at radius 2 is 2.15 bits per heavy atom. The van der Waals surface area contributed by atoms with Crippen molar-refractivity contribution < 1.29 is 0 Å². The second-order valence-corrected chi connectivity index (χ2v) is 4.01. The largest absolute Gasteiger partial charge is 0.0839 e. The molecule has 0 bridgehead atoms. The molecule has 2 rings (SSSR count). The van der Waals surface area contributed by atoms with E-state index in [1.807, 2.05) is 0 Å². The van der Waals surface area contributed by atoms with Crippen LogP contribution in [-0.2, 0) is 0 Å². The molecule has 0 heterocycles. The Bertz CT molecular complexity index is 334. The number of hydrogen-bond donors (Lipinski definition) is 0. The SMILES string of the molecule is Cc1ccc2c(c1)C=CCCC2C. The normalized spacial score (nSPS) is 20.9. The molecule has 0 heteroatoms. The van der Waals surface area contributed by atoms with Gasteiger partial charge in [-0.1, -0.05) is 42.8 Å². The van der Waals surface area contributed by atoms with Gasteiger partial charge in [0.15, 0.2) is 0 Å². The predicted octanol–water partition coefficient (Wildman–Crippen LogP) is 3.91. The average Bonchev–Trinajstić information content (AvgIpc) is 2.28. The van der Waals surface area contributed by atoms with Gasteiger partial charge in [0.1, 0.15) is 0 Å². The zero-order valence-corrected chi connectivity index (χ0v) is 8.38. The molecule has 0 amide bonds. The van der Waals surface area contributed by atoms with Crippen LogP contribution in [-0.4, -0.2) is 0 Å². The van der Waals surface area contributed by atoms with Crippen molar-refractivity contribution in [2.75, 3.05) is 0 Å². The first kappa shape index (κ1) is 8.55. The molecule has 0 saturated carbocycles. The second kappa shape index (κ2) is 3.37. The van der Waals surface area contributed by atoms with Gasteiger partial charge < -0.3 is 0 Å². The highest BCUT2D eigenvalue weighted by molar-refractivity contribution is 5.56. The van der Waals surface area contributed by atoms with Crippen LogP contribution in [0.1, 0.15) is 42.4 Å². The monoisotopic (exact) mass is 172 g/mol. The molecular formula is C13H16. The molecule has 0 N–H and O–H groups in total. The Morgan fingerprint density at radius 3 is 3.00 bits per heavy atom. The molecule has 0 aliphatic heterocycles. The Hall–Kier alpha value is -1.04. The maximum absolute atomic E-state index is 2.32. The lowest BCUT2D eigenvalue weighted by molar-refractivity contribution is 0.695. The molecule has 1 atom stereocenters. The summed E-state index contributed by atoms with van der Waals surface area (Å²) in [6.45, 7) is 4.48. The van der Waals surface area contributed by atoms with Crippen LogP contribution in [0.4, 0.5) is 0 Å². The van der Waals surface area contributed by atoms with Crippen LogP contribution in [0.15, 0.2) is 24.3 Å². The second-order valence-electron chi connectivity index (χ2n) is 4.01. The van der Waals surface area contributed by atoms with Gasteiger partial charge in [0.25, 0.3) is 0 Å². The van der Waals surface area contributed by atoms with E-state index < -0.39 is 0 Å². The Morgan fingerprint density at radius 1 is 1.31 bits per heavy atom. The third-order valence-electron chi connectivity index (χ3n) is 2.84. The maximum atomic E-state index is 2.32. The van der Waals surface area contributed by atoms with Gasteiger partial charge in [0.2, 0.25) is 0 Å². The summed E-state index contributed by atoms with van der Waals surface area (Å²) in [4.78, 5) is 0. The van der Waals surface area contributed by atoms with Crippen molar-refractivity contribution in [3.05, 3.63) is 41.0 Å². The third-order valence-corrected chi connectivity index (χ3v) is 2.84. The highest BCUT2D eigenvalue weighted by Gasteiger charge is 2.10. The average molecular weight is 172 g/mol. The van der Waals surface area contributed by atoms with Crippen LogP contribution in [0.25, 0.3) is 6.08 Å². The molecule has 1 unspecified atom stereocenters. The van der Waals surface area contributed by atoms with Crippen molar-refractivity contribution in [2.45, 2.75) is 32.6 Å². The number of fused-ring (bicyclic) bond motifs is 1. The summed E-state index contributed by atoms with van der Waals surface area (Å²) in [5.74, 6) is 0.714. The first-order valence-corrected chi connectivity index (χ1v) is 5.04. The first-order chi connectivity index (χ1) is 6.27. The lowest BCUT2D eigenvalue weighted by Gasteiger charge is -2.12. The number of rotatable bonds is 0. The molecule has 68 valence electrons. The van der Waals surface area contributed by atoms with Crippen LogP contribution in [0.5, 0.6) is 0 Å². The van der Waals surface area contributed by atoms with Gasteiger partial charge in [-0.2, -0.15) is 0 Å². The minimum Gasteiger partial charge on any atom is -0.0839 e. The summed E-state index contributed by atoms with van der Waals surface area (Å²) in [7, 11) is 0. The van der Waals surface area contributed by atoms with Crippen molar-refractivity contribution in [3.63, 3.8) is 0 Å². The van der Waals surface area contributed by atoms with Crippen LogP contribution >= 0.6 is 0 Å². The number of aryl methyl sites for hydroxylation is 1. The van der Waals surface area contributed by atoms with E-state index in [1.165, 1.54) is 29.5 Å². The van der Waals surface area contributed by atoms with Gasteiger partial charge >= 0.3 is 0 Å². The summed E-state index contributed by atoms with van der Waals surface area (Å²) < 4.78 is 0. The van der Waals surface area contributed by atoms with Gasteiger partial charge in [-0.15, -0.1) is 0 Å². The highest BCUT2D eigenvalue weighted by Crippen LogP contribution is 2.29. The molecule has 0 aromatic heterocycles. The third kappa shape index (κ3) is 1.67. The van der Waals surface area contributed by atoms with Crippen LogP contribution in [0, 0.1) is 6.92 Å². The van der Waals surface area contributed by atoms with Crippen molar-refractivity contribution in [2.24, 2.45) is 0 Å². The van der Waals surface area contributed by atoms with Crippen molar-refractivity contribution >= 4 is 6.08 Å². The molecule has 0 radical (unpaired) electrons. The molecule has 1 aromatic rings. The molecule has 1 aromatic carbocycles. The lowest BCUT2D eigenvalue weighted by atomic mass is 9.93. The van der Waals surface area contributed by atoms with Gasteiger partial charge in [-0.3, -0.25) is 0 Å². The predicted molar refractivity (Wildman–Crippen MR) is 57.9 cm³/mol. The standard InChI is InChI=1S/C13H16/c1-10-7-8-13-11(2)5-3-4-6-12(13)9-10/h4,6-9,11H,3,5H2,1-2H3. The molecule has 1 aliphatic rings. The van der Waals surface area contributed by atoms with Crippen molar-refractivity contribution in [3.8, 4) is 0 Å². The quantitative estimate of drug-likeness (QED) is 0.556. The van der Waals surface area contributed by atoms with E-state index in [0.29, 0.717) is 5.92 Å². The van der Waals surface area contributed by atoms with Gasteiger partial charge in [0.05, 0.1) is 0 Å². The molecule has 0 nitrogen and oxygen atoms in total. The van der Waals surface area contributed by atoms with E-state index in [1.54, 1.807) is 0 Å². The molecular weight excluding hydrogens is 156 g/mol. The summed E-state index contributed by atoms with van der Waals surface area (Å²) in [6, 6.07) is 6.78. The zero-order chi connectivity index (χ0) is 9.26. The van der Waals surface area contributed by atoms with Gasteiger partial charge in [-0.25, -0.2) is 0 Å². The molecule has 0 saturated heterocycles. The molecule has 1 aliphatic carbocycles. The smallest absolute Gasteiger partial charge is 0.0182 e. The van der Waals surface area contributed by atoms with Crippen LogP contribution in [0.3, 0.4) is 0 Å². The molecule has 0 spiro atoms. The van der Waals surface area contributed by atoms with Crippen molar-refractivity contribution in [1.82, 2.24) is 0 Å². The minimum atomic E-state index is 0.714. The Kier molecular flexibility index (Phi) is 2.22. The number of hydrogen-bond acceptors (Lipinski definition) is 0. The summed E-state index contributed by atoms with van der Waals surface area (Å²) in [6.07, 6.45) is 7.06. The molecule has 13 heavy (non-hydrogen) atoms. The topological polar surface area (TPSA) is 0 Å². The summed E-state index contributed by atoms with van der Waals surface area (Å²) in [5, 5.41) is 0. The first-order valence-electron chi connectivity index (χ1n) is 5.04. The van der Waals surface area contributed by atoms with Crippen molar-refractivity contribution in [1.29, 1.82) is 0 Å². The van der Waals surface area contributed by atoms with Crippen LogP contribution < -0.4 is 0 Å². The summed E-state index contributed by atoms with van der Waals surface area (Å²) in [5.41, 5.74) is 4.29. The highest BCUT2D eigenvalue weighted by atomic mass is 14.2. The van der Waals surface area contributed by atoms with E-state index in [9.17, 15) is 0 Å². The van der Waals surface area contributed by atoms with Crippen LogP contribution in [0.2, 0.25) is 0 Å². The number of benzene rings is 1. The Balaban J connectivity index is 2.51. The Labute approximate surface area is 80.3 Å². The fourth-order valence-electron chi connectivity index (χ4n) is 2.00. The van der Waals surface area contributed by atoms with E-state index in [-0.39, 0.29) is 0 Å².